The summed E-state index contributed by atoms with van der Waals surface area (Å²) < 4.78 is 5.83. The van der Waals surface area contributed by atoms with Gasteiger partial charge >= 0.3 is 0 Å². The molecule has 0 radical (unpaired) electrons. The van der Waals surface area contributed by atoms with Crippen molar-refractivity contribution in [3.8, 4) is 0 Å². The van der Waals surface area contributed by atoms with Crippen LogP contribution in [0.1, 0.15) is 64.2 Å². The van der Waals surface area contributed by atoms with Gasteiger partial charge in [-0.2, -0.15) is 0 Å². The van der Waals surface area contributed by atoms with Crippen LogP contribution in [0.4, 0.5) is 0 Å². The Morgan fingerprint density at radius 2 is 1.13 bits per heavy atom. The van der Waals surface area contributed by atoms with Gasteiger partial charge in [-0.1, -0.05) is 38.5 Å². The molecule has 0 bridgehead atoms. The van der Waals surface area contributed by atoms with Gasteiger partial charge < -0.3 is 4.65 Å². The topological polar surface area (TPSA) is 9.23 Å². The Hall–Kier alpha value is 0.0249. The molecule has 0 unspecified atom stereocenters. The smallest absolute Gasteiger partial charge is 0.257 e. The molecule has 0 amide bonds. The predicted molar refractivity (Wildman–Crippen MR) is 66.6 cm³/mol. The minimum atomic E-state index is 0.589. The predicted octanol–water partition coefficient (Wildman–Crippen LogP) is 3.08. The highest BCUT2D eigenvalue weighted by Crippen LogP contribution is 2.36. The molecule has 2 saturated carbocycles. The van der Waals surface area contributed by atoms with Gasteiger partial charge in [-0.15, -0.1) is 0 Å². The van der Waals surface area contributed by atoms with Crippen LogP contribution < -0.4 is 0 Å². The number of hydrogen-bond acceptors (Lipinski definition) is 1. The Balaban J connectivity index is 1.88. The minimum Gasteiger partial charge on any atom is -0.441 e. The van der Waals surface area contributed by atoms with Crippen LogP contribution in [0.3, 0.4) is 0 Å². The molecule has 2 aliphatic rings. The molecule has 0 N–H and O–H groups in total. The fourth-order valence-electron chi connectivity index (χ4n) is 3.70. The van der Waals surface area contributed by atoms with Gasteiger partial charge in [-0.3, -0.25) is 0 Å². The van der Waals surface area contributed by atoms with Crippen molar-refractivity contribution in [3.63, 3.8) is 0 Å². The maximum absolute atomic E-state index is 5.83. The van der Waals surface area contributed by atoms with E-state index >= 15 is 0 Å². The third-order valence-corrected chi connectivity index (χ3v) is 4.50. The lowest BCUT2D eigenvalue weighted by molar-refractivity contribution is 0.0460. The summed E-state index contributed by atoms with van der Waals surface area (Å²) in [5.41, 5.74) is 0. The van der Waals surface area contributed by atoms with Gasteiger partial charge in [0.25, 0.3) is 8.05 Å². The molecule has 86 valence electrons. The van der Waals surface area contributed by atoms with Gasteiger partial charge in [0.15, 0.2) is 0 Å². The highest BCUT2D eigenvalue weighted by Gasteiger charge is 2.30. The van der Waals surface area contributed by atoms with E-state index in [1.54, 1.807) is 0 Å². The maximum atomic E-state index is 5.83. The molecule has 0 aromatic heterocycles. The van der Waals surface area contributed by atoms with Crippen LogP contribution in [0.25, 0.3) is 0 Å². The Bertz CT molecular complexity index is 153. The average Bonchev–Trinajstić information content (AvgIpc) is 2.33. The second-order valence-electron chi connectivity index (χ2n) is 5.50. The molecule has 2 rings (SSSR count). The Morgan fingerprint density at radius 3 is 1.47 bits per heavy atom. The lowest BCUT2D eigenvalue weighted by atomic mass is 9.75. The van der Waals surface area contributed by atoms with Crippen molar-refractivity contribution in [1.29, 1.82) is 0 Å². The van der Waals surface area contributed by atoms with E-state index < -0.39 is 0 Å². The Morgan fingerprint density at radius 1 is 0.733 bits per heavy atom. The minimum absolute atomic E-state index is 0.589. The molecule has 1 nitrogen and oxygen atoms in total. The second-order valence-corrected chi connectivity index (χ2v) is 5.50. The van der Waals surface area contributed by atoms with Crippen LogP contribution in [0, 0.1) is 11.8 Å². The van der Waals surface area contributed by atoms with Gasteiger partial charge in [0, 0.05) is 6.10 Å². The molecule has 15 heavy (non-hydrogen) atoms. The fraction of sp³-hybridized carbons (Fsp3) is 1.00. The van der Waals surface area contributed by atoms with Crippen molar-refractivity contribution in [2.24, 2.45) is 11.8 Å². The highest BCUT2D eigenvalue weighted by atomic mass is 16.4. The zero-order valence-electron chi connectivity index (χ0n) is 10.2. The van der Waals surface area contributed by atoms with Crippen LogP contribution >= 0.6 is 0 Å². The maximum Gasteiger partial charge on any atom is 0.257 e. The van der Waals surface area contributed by atoms with Crippen molar-refractivity contribution in [2.75, 3.05) is 0 Å². The lowest BCUT2D eigenvalue weighted by Gasteiger charge is -2.37. The summed E-state index contributed by atoms with van der Waals surface area (Å²) in [5.74, 6) is 1.76. The summed E-state index contributed by atoms with van der Waals surface area (Å²) in [5, 5.41) is 0. The zero-order chi connectivity index (χ0) is 10.5. The van der Waals surface area contributed by atoms with Gasteiger partial charge in [-0.25, -0.2) is 0 Å². The van der Waals surface area contributed by atoms with E-state index in [9.17, 15) is 0 Å². The summed E-state index contributed by atoms with van der Waals surface area (Å²) in [6.45, 7) is 0. The van der Waals surface area contributed by atoms with Crippen molar-refractivity contribution in [2.45, 2.75) is 70.3 Å². The van der Waals surface area contributed by atoms with Gasteiger partial charge in [-0.05, 0) is 37.5 Å². The highest BCUT2D eigenvalue weighted by molar-refractivity contribution is 5.98. The van der Waals surface area contributed by atoms with Gasteiger partial charge in [0.1, 0.15) is 0 Å². The number of rotatable bonds is 3. The summed E-state index contributed by atoms with van der Waals surface area (Å²) in [4.78, 5) is 0. The van der Waals surface area contributed by atoms with E-state index in [4.69, 9.17) is 4.65 Å². The zero-order valence-corrected chi connectivity index (χ0v) is 10.2. The summed E-state index contributed by atoms with van der Waals surface area (Å²) in [7, 11) is 1.94. The molecule has 0 heterocycles. The first-order valence-electron chi connectivity index (χ1n) is 6.94. The molecule has 2 aliphatic carbocycles. The molecular weight excluding hydrogens is 183 g/mol. The Labute approximate surface area is 95.4 Å². The fourth-order valence-corrected chi connectivity index (χ4v) is 3.70. The monoisotopic (exact) mass is 208 g/mol. The van der Waals surface area contributed by atoms with E-state index in [0.717, 1.165) is 11.8 Å². The van der Waals surface area contributed by atoms with Gasteiger partial charge in [0.2, 0.25) is 0 Å². The first kappa shape index (κ1) is 11.5. The molecule has 2 fully saturated rings. The quantitative estimate of drug-likeness (QED) is 0.647. The van der Waals surface area contributed by atoms with E-state index in [2.05, 4.69) is 0 Å². The van der Waals surface area contributed by atoms with Crippen molar-refractivity contribution < 1.29 is 4.65 Å². The van der Waals surface area contributed by atoms with Crippen LogP contribution in [0.15, 0.2) is 0 Å². The molecule has 0 atom stereocenters. The van der Waals surface area contributed by atoms with Crippen LogP contribution in [-0.4, -0.2) is 14.2 Å². The van der Waals surface area contributed by atoms with E-state index in [1.165, 1.54) is 64.2 Å². The van der Waals surface area contributed by atoms with E-state index in [-0.39, 0.29) is 0 Å². The molecule has 0 aromatic rings. The van der Waals surface area contributed by atoms with Crippen molar-refractivity contribution >= 4 is 8.05 Å². The lowest BCUT2D eigenvalue weighted by Crippen LogP contribution is -2.34. The second kappa shape index (κ2) is 5.93. The standard InChI is InChI=1S/C13H25BO/c14-15-13(11-7-3-1-4-8-11)12-9-5-2-6-10-12/h11-13H,1-10,14H2. The first-order valence-corrected chi connectivity index (χ1v) is 6.94. The third kappa shape index (κ3) is 2.99. The van der Waals surface area contributed by atoms with Crippen molar-refractivity contribution in [1.82, 2.24) is 0 Å². The molecule has 0 spiro atoms. The largest absolute Gasteiger partial charge is 0.441 e. The summed E-state index contributed by atoms with van der Waals surface area (Å²) in [6.07, 6.45) is 15.0. The van der Waals surface area contributed by atoms with Crippen molar-refractivity contribution in [3.05, 3.63) is 0 Å². The number of hydrogen-bond donors (Lipinski definition) is 0. The molecule has 0 aliphatic heterocycles. The SMILES string of the molecule is BOC(C1CCCCC1)C1CCCCC1. The van der Waals surface area contributed by atoms with Crippen LogP contribution in [0.5, 0.6) is 0 Å². The van der Waals surface area contributed by atoms with Crippen LogP contribution in [-0.2, 0) is 4.65 Å². The molecule has 0 aromatic carbocycles. The van der Waals surface area contributed by atoms with Crippen LogP contribution in [0.2, 0.25) is 0 Å². The molecule has 2 heteroatoms. The Kier molecular flexibility index (Phi) is 4.55. The first-order chi connectivity index (χ1) is 7.42. The molecular formula is C13H25BO. The van der Waals surface area contributed by atoms with E-state index in [1.807, 2.05) is 8.05 Å². The molecule has 0 saturated heterocycles. The summed E-state index contributed by atoms with van der Waals surface area (Å²) >= 11 is 0. The normalized spacial score (nSPS) is 25.9. The summed E-state index contributed by atoms with van der Waals surface area (Å²) in [6, 6.07) is 0. The average molecular weight is 208 g/mol. The van der Waals surface area contributed by atoms with Gasteiger partial charge in [0.05, 0.1) is 0 Å². The van der Waals surface area contributed by atoms with E-state index in [0.29, 0.717) is 6.10 Å². The third-order valence-electron chi connectivity index (χ3n) is 4.50.